The maximum absolute atomic E-state index is 5.74. The quantitative estimate of drug-likeness (QED) is 0.670. The van der Waals surface area contributed by atoms with Gasteiger partial charge in [-0.05, 0) is 40.8 Å². The van der Waals surface area contributed by atoms with Crippen LogP contribution in [0.15, 0.2) is 30.3 Å². The summed E-state index contributed by atoms with van der Waals surface area (Å²) in [5.41, 5.74) is 5.45. The molecule has 0 atom stereocenters. The highest BCUT2D eigenvalue weighted by Gasteiger charge is 2.03. The maximum atomic E-state index is 5.74. The van der Waals surface area contributed by atoms with Crippen molar-refractivity contribution in [3.63, 3.8) is 0 Å². The highest BCUT2D eigenvalue weighted by atomic mass is 127. The summed E-state index contributed by atoms with van der Waals surface area (Å²) in [4.78, 5) is 7.66. The first-order chi connectivity index (χ1) is 7.63. The van der Waals surface area contributed by atoms with Crippen LogP contribution in [-0.2, 0) is 0 Å². The van der Waals surface area contributed by atoms with Crippen LogP contribution in [0.4, 0.5) is 5.95 Å². The van der Waals surface area contributed by atoms with Gasteiger partial charge in [-0.15, -0.1) is 0 Å². The molecule has 0 amide bonds. The second kappa shape index (κ2) is 4.84. The van der Waals surface area contributed by atoms with Crippen LogP contribution in [-0.4, -0.2) is 9.97 Å². The Morgan fingerprint density at radius 2 is 2.06 bits per heavy atom. The minimum absolute atomic E-state index is 0.0909. The van der Waals surface area contributed by atoms with Crippen LogP contribution >= 0.6 is 34.2 Å². The van der Waals surface area contributed by atoms with Crippen molar-refractivity contribution in [1.29, 1.82) is 0 Å². The second-order valence-corrected chi connectivity index (χ2v) is 4.58. The van der Waals surface area contributed by atoms with E-state index in [2.05, 4.69) is 32.6 Å². The van der Waals surface area contributed by atoms with E-state index in [0.29, 0.717) is 11.6 Å². The molecular formula is C10H7ClIN3O. The van der Waals surface area contributed by atoms with E-state index in [0.717, 1.165) is 3.57 Å². The van der Waals surface area contributed by atoms with Crippen molar-refractivity contribution in [2.75, 3.05) is 5.73 Å². The number of nitrogens with zero attached hydrogens (tertiary/aromatic N) is 2. The fraction of sp³-hybridized carbons (Fsp3) is 0. The maximum Gasteiger partial charge on any atom is 0.225 e. The molecule has 2 rings (SSSR count). The lowest BCUT2D eigenvalue weighted by Gasteiger charge is -2.05. The van der Waals surface area contributed by atoms with Gasteiger partial charge in [-0.2, -0.15) is 4.98 Å². The van der Waals surface area contributed by atoms with Crippen molar-refractivity contribution in [2.24, 2.45) is 0 Å². The lowest BCUT2D eigenvalue weighted by molar-refractivity contribution is 0.462. The highest BCUT2D eigenvalue weighted by molar-refractivity contribution is 14.1. The molecular weight excluding hydrogens is 340 g/mol. The first-order valence-electron chi connectivity index (χ1n) is 4.37. The molecule has 1 heterocycles. The van der Waals surface area contributed by atoms with Crippen LogP contribution in [0.3, 0.4) is 0 Å². The average Bonchev–Trinajstić information content (AvgIpc) is 2.15. The molecule has 2 aromatic rings. The molecule has 4 nitrogen and oxygen atoms in total. The summed E-state index contributed by atoms with van der Waals surface area (Å²) in [6.45, 7) is 0. The van der Waals surface area contributed by atoms with Gasteiger partial charge in [0.15, 0.2) is 0 Å². The predicted molar refractivity (Wildman–Crippen MR) is 70.7 cm³/mol. The third-order valence-corrected chi connectivity index (χ3v) is 2.57. The molecule has 0 aliphatic rings. The molecule has 0 unspecified atom stereocenters. The molecule has 0 saturated heterocycles. The van der Waals surface area contributed by atoms with E-state index in [1.54, 1.807) is 0 Å². The fourth-order valence-corrected chi connectivity index (χ4v) is 1.81. The van der Waals surface area contributed by atoms with Crippen molar-refractivity contribution in [1.82, 2.24) is 9.97 Å². The molecule has 6 heteroatoms. The molecule has 16 heavy (non-hydrogen) atoms. The monoisotopic (exact) mass is 347 g/mol. The number of rotatable bonds is 2. The molecule has 0 radical (unpaired) electrons. The summed E-state index contributed by atoms with van der Waals surface area (Å²) in [5.74, 6) is 1.11. The molecule has 1 aromatic heterocycles. The number of halogens is 2. The van der Waals surface area contributed by atoms with E-state index in [1.807, 2.05) is 24.3 Å². The van der Waals surface area contributed by atoms with E-state index < -0.39 is 0 Å². The minimum Gasteiger partial charge on any atom is -0.439 e. The zero-order valence-electron chi connectivity index (χ0n) is 8.02. The van der Waals surface area contributed by atoms with Gasteiger partial charge in [0.1, 0.15) is 10.9 Å². The van der Waals surface area contributed by atoms with Crippen molar-refractivity contribution < 1.29 is 4.74 Å². The lowest BCUT2D eigenvalue weighted by atomic mass is 10.3. The van der Waals surface area contributed by atoms with Crippen LogP contribution in [0.25, 0.3) is 0 Å². The Kier molecular flexibility index (Phi) is 3.45. The summed E-state index contributed by atoms with van der Waals surface area (Å²) in [6, 6.07) is 9.08. The zero-order valence-corrected chi connectivity index (χ0v) is 10.9. The number of aromatic nitrogens is 2. The van der Waals surface area contributed by atoms with Crippen LogP contribution in [0, 0.1) is 3.57 Å². The molecule has 0 aliphatic carbocycles. The topological polar surface area (TPSA) is 61.0 Å². The van der Waals surface area contributed by atoms with Gasteiger partial charge in [-0.1, -0.05) is 17.7 Å². The van der Waals surface area contributed by atoms with Crippen molar-refractivity contribution in [3.05, 3.63) is 39.1 Å². The Morgan fingerprint density at radius 3 is 2.75 bits per heavy atom. The Hall–Kier alpha value is -1.08. The third-order valence-electron chi connectivity index (χ3n) is 1.71. The van der Waals surface area contributed by atoms with E-state index in [1.165, 1.54) is 6.07 Å². The largest absolute Gasteiger partial charge is 0.439 e. The number of nitrogen functional groups attached to an aromatic ring is 1. The first kappa shape index (κ1) is 11.4. The average molecular weight is 348 g/mol. The summed E-state index contributed by atoms with van der Waals surface area (Å²) in [7, 11) is 0. The van der Waals surface area contributed by atoms with Crippen LogP contribution in [0.1, 0.15) is 0 Å². The Balaban J connectivity index is 2.27. The third kappa shape index (κ3) is 2.96. The number of anilines is 1. The van der Waals surface area contributed by atoms with Gasteiger partial charge in [0, 0.05) is 9.64 Å². The van der Waals surface area contributed by atoms with Gasteiger partial charge in [0.2, 0.25) is 11.8 Å². The molecule has 0 spiro atoms. The second-order valence-electron chi connectivity index (χ2n) is 2.95. The van der Waals surface area contributed by atoms with Crippen molar-refractivity contribution in [3.8, 4) is 11.6 Å². The Bertz CT molecular complexity index is 501. The molecule has 0 bridgehead atoms. The molecule has 0 saturated carbocycles. The zero-order chi connectivity index (χ0) is 11.5. The molecule has 0 fully saturated rings. The predicted octanol–water partition coefficient (Wildman–Crippen LogP) is 3.11. The summed E-state index contributed by atoms with van der Waals surface area (Å²) in [5, 5.41) is 0.258. The van der Waals surface area contributed by atoms with Gasteiger partial charge in [-0.25, -0.2) is 4.98 Å². The minimum atomic E-state index is 0.0909. The summed E-state index contributed by atoms with van der Waals surface area (Å²) >= 11 is 7.93. The lowest BCUT2D eigenvalue weighted by Crippen LogP contribution is -1.97. The van der Waals surface area contributed by atoms with Gasteiger partial charge in [-0.3, -0.25) is 0 Å². The molecule has 0 aliphatic heterocycles. The number of benzene rings is 1. The van der Waals surface area contributed by atoms with Gasteiger partial charge in [0.25, 0.3) is 0 Å². The Labute approximate surface area is 111 Å². The fourth-order valence-electron chi connectivity index (χ4n) is 1.12. The van der Waals surface area contributed by atoms with Crippen molar-refractivity contribution >= 4 is 40.1 Å². The number of hydrogen-bond acceptors (Lipinski definition) is 4. The normalized spacial score (nSPS) is 10.1. The van der Waals surface area contributed by atoms with Crippen LogP contribution in [0.5, 0.6) is 11.6 Å². The smallest absolute Gasteiger partial charge is 0.225 e. The number of ether oxygens (including phenoxy) is 1. The van der Waals surface area contributed by atoms with Crippen molar-refractivity contribution in [2.45, 2.75) is 0 Å². The summed E-state index contributed by atoms with van der Waals surface area (Å²) < 4.78 is 6.57. The van der Waals surface area contributed by atoms with Gasteiger partial charge in [0.05, 0.1) is 0 Å². The van der Waals surface area contributed by atoms with Gasteiger partial charge >= 0.3 is 0 Å². The number of nitrogens with two attached hydrogens (primary N) is 1. The van der Waals surface area contributed by atoms with E-state index in [-0.39, 0.29) is 11.1 Å². The van der Waals surface area contributed by atoms with E-state index in [9.17, 15) is 0 Å². The molecule has 2 N–H and O–H groups in total. The molecule has 82 valence electrons. The summed E-state index contributed by atoms with van der Waals surface area (Å²) in [6.07, 6.45) is 0. The number of hydrogen-bond donors (Lipinski definition) is 1. The SMILES string of the molecule is Nc1nc(Cl)cc(Oc2cccc(I)c2)n1. The molecule has 1 aromatic carbocycles. The van der Waals surface area contributed by atoms with Crippen LogP contribution < -0.4 is 10.5 Å². The first-order valence-corrected chi connectivity index (χ1v) is 5.82. The Morgan fingerprint density at radius 1 is 1.25 bits per heavy atom. The van der Waals surface area contributed by atoms with E-state index >= 15 is 0 Å². The van der Waals surface area contributed by atoms with E-state index in [4.69, 9.17) is 22.1 Å². The van der Waals surface area contributed by atoms with Gasteiger partial charge < -0.3 is 10.5 Å². The highest BCUT2D eigenvalue weighted by Crippen LogP contribution is 2.23. The standard InChI is InChI=1S/C10H7ClIN3O/c11-8-5-9(15-10(13)14-8)16-7-3-1-2-6(12)4-7/h1-5H,(H2,13,14,15). The van der Waals surface area contributed by atoms with Crippen LogP contribution in [0.2, 0.25) is 5.15 Å².